The van der Waals surface area contributed by atoms with E-state index in [1.807, 2.05) is 13.8 Å². The molecule has 0 unspecified atom stereocenters. The van der Waals surface area contributed by atoms with Crippen LogP contribution in [-0.4, -0.2) is 60.8 Å². The predicted molar refractivity (Wildman–Crippen MR) is 163 cm³/mol. The molecule has 0 spiro atoms. The Morgan fingerprint density at radius 3 is 1.80 bits per heavy atom. The number of ketones is 1. The van der Waals surface area contributed by atoms with Crippen LogP contribution in [0.1, 0.15) is 54.6 Å². The predicted octanol–water partition coefficient (Wildman–Crippen LogP) is 7.47. The zero-order valence-corrected chi connectivity index (χ0v) is 25.2. The Morgan fingerprint density at radius 1 is 0.733 bits per heavy atom. The highest BCUT2D eigenvalue weighted by molar-refractivity contribution is 6.15. The molecule has 2 aliphatic rings. The second-order valence-electron chi connectivity index (χ2n) is 10.6. The number of benzene rings is 3. The van der Waals surface area contributed by atoms with E-state index in [0.717, 1.165) is 56.3 Å². The number of carbonyl (C=O) groups excluding carboxylic acids is 2. The number of Topliss-reactive ketones (excluding diaryl/α,β-unsaturated/α-hetero) is 1. The van der Waals surface area contributed by atoms with Crippen molar-refractivity contribution in [1.29, 1.82) is 0 Å². The Balaban J connectivity index is 0.00000226. The molecular formula is C35H35F5N2O3. The van der Waals surface area contributed by atoms with Gasteiger partial charge in [-0.3, -0.25) is 14.5 Å². The van der Waals surface area contributed by atoms with E-state index in [-0.39, 0.29) is 46.7 Å². The van der Waals surface area contributed by atoms with Crippen LogP contribution in [0.4, 0.5) is 22.0 Å². The van der Waals surface area contributed by atoms with Gasteiger partial charge in [-0.1, -0.05) is 32.4 Å². The molecule has 3 aromatic carbocycles. The molecule has 3 aromatic rings. The summed E-state index contributed by atoms with van der Waals surface area (Å²) >= 11 is 0. The van der Waals surface area contributed by atoms with Gasteiger partial charge in [0.2, 0.25) is 0 Å². The Labute approximate surface area is 259 Å². The monoisotopic (exact) mass is 626 g/mol. The Hall–Kier alpha value is -4.31. The standard InChI is InChI=1S/C33H29F5N2O3.C2H6/c34-26-7-4-21(16-28(26)36)14-24-19-40(20-25(32(24)41)15-22-5-8-27(35)29(37)17-22)33(42)23-6-9-31(30(38)18-23)43-13-12-39-10-2-1-3-11-39;1-2/h4-9,14-18H,1-3,10-13,19-20H2;1-2H3/b24-14+,25-15+;. The van der Waals surface area contributed by atoms with Crippen LogP contribution in [0.25, 0.3) is 12.2 Å². The highest BCUT2D eigenvalue weighted by atomic mass is 19.2. The first-order valence-electron chi connectivity index (χ1n) is 15.0. The molecule has 0 N–H and O–H groups in total. The van der Waals surface area contributed by atoms with Crippen molar-refractivity contribution in [2.45, 2.75) is 33.1 Å². The minimum atomic E-state index is -1.11. The highest BCUT2D eigenvalue weighted by Gasteiger charge is 2.30. The lowest BCUT2D eigenvalue weighted by molar-refractivity contribution is -0.113. The van der Waals surface area contributed by atoms with Crippen LogP contribution < -0.4 is 4.74 Å². The summed E-state index contributed by atoms with van der Waals surface area (Å²) in [5.41, 5.74) is 0.506. The summed E-state index contributed by atoms with van der Waals surface area (Å²) in [6.07, 6.45) is 6.11. The van der Waals surface area contributed by atoms with Crippen LogP contribution in [-0.2, 0) is 4.79 Å². The summed E-state index contributed by atoms with van der Waals surface area (Å²) in [4.78, 5) is 30.4. The van der Waals surface area contributed by atoms with E-state index in [1.165, 1.54) is 47.7 Å². The fraction of sp³-hybridized carbons (Fsp3) is 0.314. The van der Waals surface area contributed by atoms with E-state index < -0.39 is 40.8 Å². The second-order valence-corrected chi connectivity index (χ2v) is 10.6. The third-order valence-corrected chi connectivity index (χ3v) is 7.45. The van der Waals surface area contributed by atoms with Crippen molar-refractivity contribution in [3.05, 3.63) is 112 Å². The summed E-state index contributed by atoms with van der Waals surface area (Å²) in [7, 11) is 0. The number of carbonyl (C=O) groups is 2. The zero-order valence-electron chi connectivity index (χ0n) is 25.2. The van der Waals surface area contributed by atoms with Gasteiger partial charge in [0.05, 0.1) is 13.1 Å². The van der Waals surface area contributed by atoms with Crippen LogP contribution in [0.3, 0.4) is 0 Å². The van der Waals surface area contributed by atoms with Gasteiger partial charge in [-0.25, -0.2) is 22.0 Å². The summed E-state index contributed by atoms with van der Waals surface area (Å²) < 4.78 is 75.2. The van der Waals surface area contributed by atoms with Crippen molar-refractivity contribution >= 4 is 23.8 Å². The van der Waals surface area contributed by atoms with Gasteiger partial charge >= 0.3 is 0 Å². The zero-order chi connectivity index (χ0) is 32.5. The number of hydrogen-bond donors (Lipinski definition) is 0. The minimum absolute atomic E-state index is 0.00887. The summed E-state index contributed by atoms with van der Waals surface area (Å²) in [6.45, 7) is 6.52. The van der Waals surface area contributed by atoms with Gasteiger partial charge in [0, 0.05) is 23.3 Å². The largest absolute Gasteiger partial charge is 0.489 e. The number of rotatable bonds is 7. The van der Waals surface area contributed by atoms with Gasteiger partial charge in [-0.15, -0.1) is 0 Å². The first-order chi connectivity index (χ1) is 21.7. The lowest BCUT2D eigenvalue weighted by Gasteiger charge is -2.30. The molecule has 2 aliphatic heterocycles. The molecule has 0 aliphatic carbocycles. The maximum absolute atomic E-state index is 15.0. The summed E-state index contributed by atoms with van der Waals surface area (Å²) in [5.74, 6) is -6.16. The molecule has 0 atom stereocenters. The van der Waals surface area contributed by atoms with Crippen molar-refractivity contribution in [3.63, 3.8) is 0 Å². The Kier molecular flexibility index (Phi) is 11.6. The molecule has 5 nitrogen and oxygen atoms in total. The van der Waals surface area contributed by atoms with Crippen molar-refractivity contribution in [2.24, 2.45) is 0 Å². The van der Waals surface area contributed by atoms with Crippen LogP contribution in [0.15, 0.2) is 65.7 Å². The SMILES string of the molecule is CC.O=C1/C(=C/c2ccc(F)c(F)c2)CN(C(=O)c2ccc(OCCN3CCCCC3)c(F)c2)C/C1=C\c1ccc(F)c(F)c1. The first kappa shape index (κ1) is 33.6. The number of halogens is 5. The van der Waals surface area contributed by atoms with E-state index in [9.17, 15) is 31.5 Å². The van der Waals surface area contributed by atoms with Crippen LogP contribution in [0.5, 0.6) is 5.75 Å². The number of nitrogens with zero attached hydrogens (tertiary/aromatic N) is 2. The molecule has 0 bridgehead atoms. The fourth-order valence-electron chi connectivity index (χ4n) is 5.19. The lowest BCUT2D eigenvalue weighted by atomic mass is 9.93. The molecule has 238 valence electrons. The quantitative estimate of drug-likeness (QED) is 0.202. The van der Waals surface area contributed by atoms with Crippen molar-refractivity contribution in [2.75, 3.05) is 39.3 Å². The average Bonchev–Trinajstić information content (AvgIpc) is 3.04. The Morgan fingerprint density at radius 2 is 1.29 bits per heavy atom. The molecule has 10 heteroatoms. The molecule has 2 fully saturated rings. The number of hydrogen-bond acceptors (Lipinski definition) is 4. The molecule has 2 saturated heterocycles. The molecular weight excluding hydrogens is 591 g/mol. The van der Waals surface area contributed by atoms with Gasteiger partial charge in [-0.05, 0) is 91.7 Å². The van der Waals surface area contributed by atoms with E-state index in [4.69, 9.17) is 4.74 Å². The first-order valence-corrected chi connectivity index (χ1v) is 15.0. The smallest absolute Gasteiger partial charge is 0.254 e. The van der Waals surface area contributed by atoms with Gasteiger partial charge in [0.15, 0.2) is 40.6 Å². The second kappa shape index (κ2) is 15.6. The van der Waals surface area contributed by atoms with Gasteiger partial charge in [0.1, 0.15) is 6.61 Å². The molecule has 2 heterocycles. The van der Waals surface area contributed by atoms with E-state index in [2.05, 4.69) is 4.90 Å². The van der Waals surface area contributed by atoms with Gasteiger partial charge in [-0.2, -0.15) is 0 Å². The van der Waals surface area contributed by atoms with Gasteiger partial charge < -0.3 is 9.64 Å². The molecule has 0 saturated carbocycles. The molecule has 5 rings (SSSR count). The molecule has 45 heavy (non-hydrogen) atoms. The number of ether oxygens (including phenoxy) is 1. The third kappa shape index (κ3) is 8.66. The minimum Gasteiger partial charge on any atom is -0.489 e. The van der Waals surface area contributed by atoms with E-state index in [0.29, 0.717) is 13.2 Å². The van der Waals surface area contributed by atoms with Crippen molar-refractivity contribution in [1.82, 2.24) is 9.80 Å². The van der Waals surface area contributed by atoms with Crippen LogP contribution >= 0.6 is 0 Å². The number of likely N-dealkylation sites (tertiary alicyclic amines) is 2. The molecule has 0 radical (unpaired) electrons. The summed E-state index contributed by atoms with van der Waals surface area (Å²) in [6, 6.07) is 10.1. The number of piperidine rings is 2. The maximum Gasteiger partial charge on any atom is 0.254 e. The summed E-state index contributed by atoms with van der Waals surface area (Å²) in [5, 5.41) is 0. The number of amides is 1. The van der Waals surface area contributed by atoms with Crippen molar-refractivity contribution in [3.8, 4) is 5.75 Å². The highest BCUT2D eigenvalue weighted by Crippen LogP contribution is 2.26. The third-order valence-electron chi connectivity index (χ3n) is 7.45. The average molecular weight is 627 g/mol. The van der Waals surface area contributed by atoms with E-state index >= 15 is 0 Å². The Bertz CT molecular complexity index is 1520. The van der Waals surface area contributed by atoms with Crippen LogP contribution in [0, 0.1) is 29.1 Å². The fourth-order valence-corrected chi connectivity index (χ4v) is 5.19. The maximum atomic E-state index is 15.0. The molecule has 1 amide bonds. The lowest BCUT2D eigenvalue weighted by Crippen LogP contribution is -2.41. The van der Waals surface area contributed by atoms with Crippen LogP contribution in [0.2, 0.25) is 0 Å². The normalized spacial score (nSPS) is 17.3. The molecule has 0 aromatic heterocycles. The van der Waals surface area contributed by atoms with E-state index in [1.54, 1.807) is 0 Å². The van der Waals surface area contributed by atoms with Gasteiger partial charge in [0.25, 0.3) is 5.91 Å². The topological polar surface area (TPSA) is 49.9 Å². The van der Waals surface area contributed by atoms with Crippen molar-refractivity contribution < 1.29 is 36.3 Å².